The van der Waals surface area contributed by atoms with Crippen LogP contribution in [-0.2, 0) is 13.0 Å². The van der Waals surface area contributed by atoms with Crippen LogP contribution in [0.4, 0.5) is 0 Å². The molecule has 1 aromatic heterocycles. The van der Waals surface area contributed by atoms with Crippen LogP contribution in [0, 0.1) is 11.8 Å². The number of phenols is 1. The molecule has 0 spiro atoms. The summed E-state index contributed by atoms with van der Waals surface area (Å²) in [5.74, 6) is 1.15. The van der Waals surface area contributed by atoms with Crippen molar-refractivity contribution in [3.05, 3.63) is 130 Å². The van der Waals surface area contributed by atoms with Crippen molar-refractivity contribution in [2.24, 2.45) is 11.8 Å². The average Bonchev–Trinajstić information content (AvgIpc) is 2.89. The number of hydrogen-bond acceptors (Lipinski definition) is 3. The van der Waals surface area contributed by atoms with E-state index < -0.39 is 0 Å². The Bertz CT molecular complexity index is 1270. The fourth-order valence-electron chi connectivity index (χ4n) is 5.58. The van der Waals surface area contributed by atoms with Gasteiger partial charge in [0.15, 0.2) is 0 Å². The van der Waals surface area contributed by atoms with Crippen molar-refractivity contribution in [3.8, 4) is 5.75 Å². The van der Waals surface area contributed by atoms with Crippen molar-refractivity contribution < 1.29 is 5.11 Å². The van der Waals surface area contributed by atoms with E-state index in [4.69, 9.17) is 5.10 Å². The fraction of sp³-hybridized carbons (Fsp3) is 0.290. The summed E-state index contributed by atoms with van der Waals surface area (Å²) in [6, 6.07) is 31.9. The number of benzene rings is 3. The molecular weight excluding hydrogens is 455 g/mol. The van der Waals surface area contributed by atoms with Gasteiger partial charge >= 0.3 is 29.6 Å². The predicted molar refractivity (Wildman–Crippen MR) is 147 cm³/mol. The number of phenolic OH excluding ortho intramolecular Hbond substituents is 1. The van der Waals surface area contributed by atoms with Crippen molar-refractivity contribution in [1.82, 2.24) is 9.78 Å². The van der Waals surface area contributed by atoms with E-state index in [1.54, 1.807) is 16.8 Å². The summed E-state index contributed by atoms with van der Waals surface area (Å²) in [6.45, 7) is 0.631. The third-order valence-electron chi connectivity index (χ3n) is 7.33. The molecule has 1 saturated carbocycles. The Kier molecular flexibility index (Phi) is 9.19. The molecule has 4 aromatic rings. The van der Waals surface area contributed by atoms with Gasteiger partial charge in [-0.05, 0) is 66.0 Å². The zero-order chi connectivity index (χ0) is 24.0. The SMILES string of the molecule is O=c1ccc(C(c2ccccc2)c2ccccc2)nn1CC1CCCCC1Cc1cccc(O)c1.[NaH]. The molecule has 0 radical (unpaired) electrons. The van der Waals surface area contributed by atoms with Gasteiger partial charge in [0.2, 0.25) is 0 Å². The first-order valence-corrected chi connectivity index (χ1v) is 12.6. The topological polar surface area (TPSA) is 55.1 Å². The van der Waals surface area contributed by atoms with Gasteiger partial charge in [-0.25, -0.2) is 4.68 Å². The number of nitrogens with zero attached hydrogens (tertiary/aromatic N) is 2. The summed E-state index contributed by atoms with van der Waals surface area (Å²) in [5, 5.41) is 14.8. The molecule has 5 heteroatoms. The molecule has 0 bridgehead atoms. The van der Waals surface area contributed by atoms with Crippen LogP contribution in [0.1, 0.15) is 54.0 Å². The van der Waals surface area contributed by atoms with E-state index in [0.29, 0.717) is 24.1 Å². The Balaban J connectivity index is 0.00000304. The zero-order valence-corrected chi connectivity index (χ0v) is 20.0. The van der Waals surface area contributed by atoms with Crippen LogP contribution in [0.25, 0.3) is 0 Å². The first kappa shape index (κ1) is 26.4. The number of aromatic nitrogens is 2. The van der Waals surface area contributed by atoms with E-state index in [1.807, 2.05) is 30.3 Å². The van der Waals surface area contributed by atoms with Gasteiger partial charge in [-0.3, -0.25) is 4.79 Å². The van der Waals surface area contributed by atoms with Crippen LogP contribution < -0.4 is 5.56 Å². The molecular formula is C31H33N2NaO2. The second kappa shape index (κ2) is 12.5. The summed E-state index contributed by atoms with van der Waals surface area (Å²) in [4.78, 5) is 12.9. The molecule has 0 saturated heterocycles. The quantitative estimate of drug-likeness (QED) is 0.348. The van der Waals surface area contributed by atoms with Gasteiger partial charge in [-0.15, -0.1) is 0 Å². The van der Waals surface area contributed by atoms with E-state index in [0.717, 1.165) is 41.6 Å². The molecule has 1 aliphatic rings. The zero-order valence-electron chi connectivity index (χ0n) is 20.0. The van der Waals surface area contributed by atoms with Gasteiger partial charge in [0.05, 0.1) is 11.6 Å². The molecule has 180 valence electrons. The van der Waals surface area contributed by atoms with Gasteiger partial charge in [0.1, 0.15) is 5.75 Å². The summed E-state index contributed by atoms with van der Waals surface area (Å²) in [6.07, 6.45) is 5.57. The second-order valence-corrected chi connectivity index (χ2v) is 9.71. The van der Waals surface area contributed by atoms with E-state index in [1.165, 1.54) is 12.8 Å². The van der Waals surface area contributed by atoms with Gasteiger partial charge in [-0.1, -0.05) is 85.6 Å². The Morgan fingerprint density at radius 2 is 1.44 bits per heavy atom. The minimum absolute atomic E-state index is 0. The molecule has 1 heterocycles. The minimum atomic E-state index is -0.0460. The van der Waals surface area contributed by atoms with E-state index in [9.17, 15) is 9.90 Å². The maximum absolute atomic E-state index is 12.9. The van der Waals surface area contributed by atoms with Gasteiger partial charge in [0, 0.05) is 12.6 Å². The first-order valence-electron chi connectivity index (χ1n) is 12.6. The van der Waals surface area contributed by atoms with Gasteiger partial charge in [-0.2, -0.15) is 5.10 Å². The third-order valence-corrected chi connectivity index (χ3v) is 7.33. The molecule has 0 aliphatic heterocycles. The van der Waals surface area contributed by atoms with Crippen molar-refractivity contribution in [3.63, 3.8) is 0 Å². The maximum atomic E-state index is 12.9. The second-order valence-electron chi connectivity index (χ2n) is 9.71. The summed E-state index contributed by atoms with van der Waals surface area (Å²) < 4.78 is 1.69. The normalized spacial score (nSPS) is 17.5. The Morgan fingerprint density at radius 3 is 2.08 bits per heavy atom. The van der Waals surface area contributed by atoms with Crippen LogP contribution in [0.5, 0.6) is 5.75 Å². The molecule has 4 nitrogen and oxygen atoms in total. The summed E-state index contributed by atoms with van der Waals surface area (Å²) >= 11 is 0. The molecule has 5 rings (SSSR count). The molecule has 2 atom stereocenters. The van der Waals surface area contributed by atoms with E-state index >= 15 is 0 Å². The van der Waals surface area contributed by atoms with Crippen molar-refractivity contribution >= 4 is 29.6 Å². The predicted octanol–water partition coefficient (Wildman–Crippen LogP) is 5.53. The third kappa shape index (κ3) is 6.36. The summed E-state index contributed by atoms with van der Waals surface area (Å²) in [5.41, 5.74) is 4.33. The van der Waals surface area contributed by atoms with E-state index in [2.05, 4.69) is 54.6 Å². The van der Waals surface area contributed by atoms with Gasteiger partial charge < -0.3 is 5.11 Å². The van der Waals surface area contributed by atoms with Crippen LogP contribution in [0.2, 0.25) is 0 Å². The number of rotatable bonds is 7. The van der Waals surface area contributed by atoms with Crippen molar-refractivity contribution in [2.45, 2.75) is 44.6 Å². The molecule has 2 unspecified atom stereocenters. The van der Waals surface area contributed by atoms with Crippen LogP contribution in [0.3, 0.4) is 0 Å². The van der Waals surface area contributed by atoms with Crippen molar-refractivity contribution in [1.29, 1.82) is 0 Å². The van der Waals surface area contributed by atoms with E-state index in [-0.39, 0.29) is 41.0 Å². The molecule has 0 amide bonds. The molecule has 36 heavy (non-hydrogen) atoms. The Labute approximate surface area is 235 Å². The number of hydrogen-bond donors (Lipinski definition) is 1. The Hall–Kier alpha value is -2.66. The average molecular weight is 489 g/mol. The fourth-order valence-corrected chi connectivity index (χ4v) is 5.58. The summed E-state index contributed by atoms with van der Waals surface area (Å²) in [7, 11) is 0. The van der Waals surface area contributed by atoms with Crippen molar-refractivity contribution in [2.75, 3.05) is 0 Å². The molecule has 1 N–H and O–H groups in total. The number of aromatic hydroxyl groups is 1. The molecule has 1 fully saturated rings. The monoisotopic (exact) mass is 488 g/mol. The molecule has 3 aromatic carbocycles. The Morgan fingerprint density at radius 1 is 0.806 bits per heavy atom. The molecule has 1 aliphatic carbocycles. The van der Waals surface area contributed by atoms with Crippen LogP contribution in [0.15, 0.2) is 102 Å². The van der Waals surface area contributed by atoms with Crippen LogP contribution in [-0.4, -0.2) is 44.4 Å². The van der Waals surface area contributed by atoms with Gasteiger partial charge in [0.25, 0.3) is 5.56 Å². The standard InChI is InChI=1S/C31H32N2O2.Na.H/c34-28-17-9-10-23(21-28)20-26-15-7-8-16-27(26)22-33-30(35)19-18-29(32-33)31(24-11-3-1-4-12-24)25-13-5-2-6-14-25;;/h1-6,9-14,17-19,21,26-27,31,34H,7-8,15-16,20,22H2;;. The first-order chi connectivity index (χ1) is 17.2. The van der Waals surface area contributed by atoms with Crippen LogP contribution >= 0.6 is 0 Å².